The van der Waals surface area contributed by atoms with Gasteiger partial charge in [-0.3, -0.25) is 9.58 Å². The summed E-state index contributed by atoms with van der Waals surface area (Å²) in [6.45, 7) is 7.34. The molecule has 0 aliphatic carbocycles. The zero-order valence-corrected chi connectivity index (χ0v) is 12.2. The number of rotatable bonds is 4. The van der Waals surface area contributed by atoms with Gasteiger partial charge in [0.2, 0.25) is 0 Å². The molecule has 1 aromatic rings. The molecule has 1 aliphatic rings. The minimum atomic E-state index is 0. The summed E-state index contributed by atoms with van der Waals surface area (Å²) in [5.41, 5.74) is 7.39. The highest BCUT2D eigenvalue weighted by atomic mass is 35.5. The molecule has 2 atom stereocenters. The lowest BCUT2D eigenvalue weighted by Crippen LogP contribution is -2.48. The Morgan fingerprint density at radius 1 is 1.50 bits per heavy atom. The largest absolute Gasteiger partial charge is 0.327 e. The Labute approximate surface area is 116 Å². The van der Waals surface area contributed by atoms with Crippen LogP contribution in [-0.2, 0) is 13.1 Å². The van der Waals surface area contributed by atoms with Gasteiger partial charge in [0, 0.05) is 36.9 Å². The summed E-state index contributed by atoms with van der Waals surface area (Å²) in [5, 5.41) is 4.33. The summed E-state index contributed by atoms with van der Waals surface area (Å²) in [7, 11) is 0. The molecule has 18 heavy (non-hydrogen) atoms. The fraction of sp³-hybridized carbons (Fsp3) is 0.769. The first-order chi connectivity index (χ1) is 8.20. The number of nitrogens with two attached hydrogens (primary N) is 1. The Morgan fingerprint density at radius 3 is 2.89 bits per heavy atom. The standard InChI is InChI=1S/C13H24N4.ClH/c1-3-17-10-12(8-15-17)9-16-7-5-4-6-13(16)11(2)14;/h8,10-11,13H,3-7,9,14H2,1-2H3;1H. The van der Waals surface area contributed by atoms with E-state index in [9.17, 15) is 0 Å². The second-order valence-corrected chi connectivity index (χ2v) is 5.10. The number of nitrogens with zero attached hydrogens (tertiary/aromatic N) is 3. The fourth-order valence-corrected chi connectivity index (χ4v) is 2.70. The summed E-state index contributed by atoms with van der Waals surface area (Å²) in [4.78, 5) is 2.52. The van der Waals surface area contributed by atoms with Crippen molar-refractivity contribution in [3.8, 4) is 0 Å². The maximum absolute atomic E-state index is 6.08. The zero-order valence-electron chi connectivity index (χ0n) is 11.4. The topological polar surface area (TPSA) is 47.1 Å². The number of halogens is 1. The van der Waals surface area contributed by atoms with Gasteiger partial charge in [-0.25, -0.2) is 0 Å². The number of aromatic nitrogens is 2. The Balaban J connectivity index is 0.00000162. The third kappa shape index (κ3) is 3.70. The first-order valence-corrected chi connectivity index (χ1v) is 6.71. The van der Waals surface area contributed by atoms with Gasteiger partial charge in [0.1, 0.15) is 0 Å². The molecule has 2 rings (SSSR count). The second kappa shape index (κ2) is 7.12. The minimum absolute atomic E-state index is 0. The van der Waals surface area contributed by atoms with Crippen molar-refractivity contribution in [1.82, 2.24) is 14.7 Å². The van der Waals surface area contributed by atoms with E-state index in [4.69, 9.17) is 5.73 Å². The monoisotopic (exact) mass is 272 g/mol. The zero-order chi connectivity index (χ0) is 12.3. The number of likely N-dealkylation sites (tertiary alicyclic amines) is 1. The SMILES string of the molecule is CCn1cc(CN2CCCCC2C(C)N)cn1.Cl. The molecule has 1 fully saturated rings. The molecule has 2 heterocycles. The van der Waals surface area contributed by atoms with E-state index < -0.39 is 0 Å². The van der Waals surface area contributed by atoms with Crippen molar-refractivity contribution in [3.05, 3.63) is 18.0 Å². The third-order valence-electron chi connectivity index (χ3n) is 3.67. The second-order valence-electron chi connectivity index (χ2n) is 5.10. The van der Waals surface area contributed by atoms with Crippen molar-refractivity contribution < 1.29 is 0 Å². The lowest BCUT2D eigenvalue weighted by molar-refractivity contribution is 0.123. The summed E-state index contributed by atoms with van der Waals surface area (Å²) < 4.78 is 1.99. The van der Waals surface area contributed by atoms with Crippen LogP contribution in [-0.4, -0.2) is 33.3 Å². The van der Waals surface area contributed by atoms with Crippen LogP contribution in [0.3, 0.4) is 0 Å². The molecule has 5 heteroatoms. The highest BCUT2D eigenvalue weighted by Crippen LogP contribution is 2.21. The van der Waals surface area contributed by atoms with Crippen LogP contribution in [0, 0.1) is 0 Å². The molecule has 0 amide bonds. The molecule has 2 unspecified atom stereocenters. The molecule has 1 aromatic heterocycles. The molecule has 0 aromatic carbocycles. The lowest BCUT2D eigenvalue weighted by atomic mass is 9.96. The van der Waals surface area contributed by atoms with Gasteiger partial charge in [-0.2, -0.15) is 5.10 Å². The number of piperidine rings is 1. The molecule has 2 N–H and O–H groups in total. The van der Waals surface area contributed by atoms with E-state index in [0.717, 1.165) is 13.1 Å². The maximum Gasteiger partial charge on any atom is 0.0534 e. The van der Waals surface area contributed by atoms with Crippen molar-refractivity contribution >= 4 is 12.4 Å². The number of aryl methyl sites for hydroxylation is 1. The van der Waals surface area contributed by atoms with Gasteiger partial charge in [0.25, 0.3) is 0 Å². The molecule has 104 valence electrons. The summed E-state index contributed by atoms with van der Waals surface area (Å²) in [6.07, 6.45) is 7.98. The molecule has 0 spiro atoms. The van der Waals surface area contributed by atoms with Gasteiger partial charge < -0.3 is 5.73 Å². The molecular weight excluding hydrogens is 248 g/mol. The summed E-state index contributed by atoms with van der Waals surface area (Å²) in [6, 6.07) is 0.797. The smallest absolute Gasteiger partial charge is 0.0534 e. The molecule has 1 saturated heterocycles. The van der Waals surface area contributed by atoms with Crippen molar-refractivity contribution in [2.75, 3.05) is 6.54 Å². The highest BCUT2D eigenvalue weighted by Gasteiger charge is 2.25. The van der Waals surface area contributed by atoms with Crippen molar-refractivity contribution in [2.24, 2.45) is 5.73 Å². The average molecular weight is 273 g/mol. The molecule has 1 aliphatic heterocycles. The van der Waals surface area contributed by atoms with Gasteiger partial charge in [0.05, 0.1) is 6.20 Å². The Morgan fingerprint density at radius 2 is 2.28 bits per heavy atom. The van der Waals surface area contributed by atoms with Crippen LogP contribution in [0.1, 0.15) is 38.7 Å². The summed E-state index contributed by atoms with van der Waals surface area (Å²) >= 11 is 0. The van der Waals surface area contributed by atoms with Crippen LogP contribution in [0.15, 0.2) is 12.4 Å². The van der Waals surface area contributed by atoms with E-state index in [1.807, 2.05) is 10.9 Å². The van der Waals surface area contributed by atoms with Gasteiger partial charge in [-0.15, -0.1) is 12.4 Å². The molecular formula is C13H25ClN4. The van der Waals surface area contributed by atoms with E-state index in [2.05, 4.69) is 30.0 Å². The average Bonchev–Trinajstić information content (AvgIpc) is 2.77. The van der Waals surface area contributed by atoms with E-state index in [1.165, 1.54) is 31.4 Å². The molecule has 0 saturated carbocycles. The van der Waals surface area contributed by atoms with Crippen LogP contribution in [0.4, 0.5) is 0 Å². The first-order valence-electron chi connectivity index (χ1n) is 6.71. The van der Waals surface area contributed by atoms with Gasteiger partial charge in [-0.1, -0.05) is 6.42 Å². The predicted molar refractivity (Wildman–Crippen MR) is 76.8 cm³/mol. The number of hydrogen-bond acceptors (Lipinski definition) is 3. The molecule has 0 radical (unpaired) electrons. The van der Waals surface area contributed by atoms with Crippen LogP contribution < -0.4 is 5.73 Å². The first kappa shape index (κ1) is 15.5. The maximum atomic E-state index is 6.08. The van der Waals surface area contributed by atoms with E-state index in [-0.39, 0.29) is 18.4 Å². The highest BCUT2D eigenvalue weighted by molar-refractivity contribution is 5.85. The van der Waals surface area contributed by atoms with E-state index in [0.29, 0.717) is 6.04 Å². The van der Waals surface area contributed by atoms with Crippen molar-refractivity contribution in [3.63, 3.8) is 0 Å². The Hall–Kier alpha value is -0.580. The van der Waals surface area contributed by atoms with Gasteiger partial charge in [0.15, 0.2) is 0 Å². The van der Waals surface area contributed by atoms with E-state index >= 15 is 0 Å². The van der Waals surface area contributed by atoms with Crippen molar-refractivity contribution in [2.45, 2.75) is 58.3 Å². The summed E-state index contributed by atoms with van der Waals surface area (Å²) in [5.74, 6) is 0. The third-order valence-corrected chi connectivity index (χ3v) is 3.67. The molecule has 0 bridgehead atoms. The lowest BCUT2D eigenvalue weighted by Gasteiger charge is -2.37. The Bertz CT molecular complexity index is 351. The van der Waals surface area contributed by atoms with Crippen LogP contribution in [0.25, 0.3) is 0 Å². The fourth-order valence-electron chi connectivity index (χ4n) is 2.70. The predicted octanol–water partition coefficient (Wildman–Crippen LogP) is 2.03. The quantitative estimate of drug-likeness (QED) is 0.912. The van der Waals surface area contributed by atoms with Gasteiger partial charge >= 0.3 is 0 Å². The minimum Gasteiger partial charge on any atom is -0.327 e. The van der Waals surface area contributed by atoms with Crippen LogP contribution in [0.5, 0.6) is 0 Å². The van der Waals surface area contributed by atoms with E-state index in [1.54, 1.807) is 0 Å². The molecule has 4 nitrogen and oxygen atoms in total. The van der Waals surface area contributed by atoms with Crippen molar-refractivity contribution in [1.29, 1.82) is 0 Å². The van der Waals surface area contributed by atoms with Gasteiger partial charge in [-0.05, 0) is 33.2 Å². The normalized spacial score (nSPS) is 22.5. The Kier molecular flexibility index (Phi) is 6.12. The van der Waals surface area contributed by atoms with Crippen LogP contribution >= 0.6 is 12.4 Å². The number of hydrogen-bond donors (Lipinski definition) is 1. The van der Waals surface area contributed by atoms with Crippen LogP contribution in [0.2, 0.25) is 0 Å².